The number of fused-ring (bicyclic) bond motifs is 1. The summed E-state index contributed by atoms with van der Waals surface area (Å²) in [5.41, 5.74) is 4.71. The molecule has 0 aliphatic heterocycles. The zero-order chi connectivity index (χ0) is 9.59. The molecular formula is C12H14O. The van der Waals surface area contributed by atoms with Gasteiger partial charge < -0.3 is 0 Å². The van der Waals surface area contributed by atoms with Crippen LogP contribution < -0.4 is 0 Å². The number of benzene rings is 1. The molecule has 1 aliphatic rings. The molecule has 1 heteroatoms. The summed E-state index contributed by atoms with van der Waals surface area (Å²) in [6, 6.07) is 4.21. The first kappa shape index (κ1) is 8.49. The number of hydrogen-bond acceptors (Lipinski definition) is 1. The topological polar surface area (TPSA) is 17.1 Å². The van der Waals surface area contributed by atoms with Crippen molar-refractivity contribution >= 4 is 5.78 Å². The fraction of sp³-hybridized carbons (Fsp3) is 0.417. The van der Waals surface area contributed by atoms with E-state index in [0.717, 1.165) is 5.56 Å². The Morgan fingerprint density at radius 2 is 1.85 bits per heavy atom. The molecule has 0 aromatic heterocycles. The summed E-state index contributed by atoms with van der Waals surface area (Å²) in [6.07, 6.45) is 0.693. The van der Waals surface area contributed by atoms with Gasteiger partial charge in [-0.05, 0) is 42.5 Å². The Labute approximate surface area is 78.8 Å². The molecule has 2 rings (SSSR count). The third-order valence-corrected chi connectivity index (χ3v) is 2.99. The molecule has 0 fully saturated rings. The Morgan fingerprint density at radius 1 is 1.23 bits per heavy atom. The molecule has 1 nitrogen and oxygen atoms in total. The minimum atomic E-state index is 0.311. The highest BCUT2D eigenvalue weighted by molar-refractivity contribution is 6.01. The third-order valence-electron chi connectivity index (χ3n) is 2.99. The van der Waals surface area contributed by atoms with Crippen LogP contribution in [0.1, 0.15) is 46.3 Å². The summed E-state index contributed by atoms with van der Waals surface area (Å²) in [7, 11) is 0. The molecule has 0 heterocycles. The van der Waals surface area contributed by atoms with Crippen molar-refractivity contribution in [1.29, 1.82) is 0 Å². The van der Waals surface area contributed by atoms with E-state index < -0.39 is 0 Å². The van der Waals surface area contributed by atoms with Gasteiger partial charge in [0.2, 0.25) is 0 Å². The lowest BCUT2D eigenvalue weighted by Crippen LogP contribution is -1.93. The zero-order valence-corrected chi connectivity index (χ0v) is 8.35. The molecule has 0 bridgehead atoms. The van der Waals surface area contributed by atoms with Gasteiger partial charge in [-0.3, -0.25) is 4.79 Å². The minimum absolute atomic E-state index is 0.311. The van der Waals surface area contributed by atoms with Crippen molar-refractivity contribution in [2.75, 3.05) is 0 Å². The first-order chi connectivity index (χ1) is 6.09. The molecule has 0 N–H and O–H groups in total. The Bertz CT molecular complexity index is 377. The molecule has 68 valence electrons. The second-order valence-corrected chi connectivity index (χ2v) is 4.05. The van der Waals surface area contributed by atoms with Gasteiger partial charge in [-0.15, -0.1) is 0 Å². The molecule has 1 aromatic rings. The van der Waals surface area contributed by atoms with Gasteiger partial charge in [-0.25, -0.2) is 0 Å². The van der Waals surface area contributed by atoms with Gasteiger partial charge in [0.05, 0.1) is 0 Å². The van der Waals surface area contributed by atoms with Crippen molar-refractivity contribution < 1.29 is 4.79 Å². The van der Waals surface area contributed by atoms with Crippen molar-refractivity contribution in [2.45, 2.75) is 33.1 Å². The second kappa shape index (κ2) is 2.69. The van der Waals surface area contributed by atoms with Crippen LogP contribution in [0.15, 0.2) is 12.1 Å². The lowest BCUT2D eigenvalue weighted by Gasteiger charge is -2.06. The third kappa shape index (κ3) is 1.19. The van der Waals surface area contributed by atoms with E-state index in [2.05, 4.69) is 26.8 Å². The first-order valence-corrected chi connectivity index (χ1v) is 4.74. The van der Waals surface area contributed by atoms with Gasteiger partial charge >= 0.3 is 0 Å². The summed E-state index contributed by atoms with van der Waals surface area (Å²) in [6.45, 7) is 6.29. The molecule has 1 aromatic carbocycles. The largest absolute Gasteiger partial charge is 0.294 e. The minimum Gasteiger partial charge on any atom is -0.294 e. The molecule has 0 radical (unpaired) electrons. The Hall–Kier alpha value is -1.11. The van der Waals surface area contributed by atoms with E-state index in [0.29, 0.717) is 18.1 Å². The number of ketones is 1. The van der Waals surface area contributed by atoms with Gasteiger partial charge in [0.15, 0.2) is 5.78 Å². The summed E-state index contributed by atoms with van der Waals surface area (Å²) in [5.74, 6) is 0.729. The summed E-state index contributed by atoms with van der Waals surface area (Å²) in [5, 5.41) is 0. The monoisotopic (exact) mass is 174 g/mol. The number of carbonyl (C=O) groups excluding carboxylic acids is 1. The van der Waals surface area contributed by atoms with Crippen LogP contribution in [0.2, 0.25) is 0 Å². The fourth-order valence-corrected chi connectivity index (χ4v) is 1.99. The Balaban J connectivity index is 2.65. The van der Waals surface area contributed by atoms with Crippen LogP contribution >= 0.6 is 0 Å². The summed E-state index contributed by atoms with van der Waals surface area (Å²) in [4.78, 5) is 11.5. The molecule has 0 saturated carbocycles. The Morgan fingerprint density at radius 3 is 2.54 bits per heavy atom. The quantitative estimate of drug-likeness (QED) is 0.591. The standard InChI is InChI=1S/C12H14O/c1-7-4-10-9(3)6-12(13)11(10)5-8(7)2/h4-5,9H,6H2,1-3H3. The highest BCUT2D eigenvalue weighted by Crippen LogP contribution is 2.34. The van der Waals surface area contributed by atoms with Crippen LogP contribution in [0.4, 0.5) is 0 Å². The van der Waals surface area contributed by atoms with Crippen molar-refractivity contribution in [2.24, 2.45) is 0 Å². The van der Waals surface area contributed by atoms with E-state index in [1.165, 1.54) is 16.7 Å². The highest BCUT2D eigenvalue weighted by Gasteiger charge is 2.26. The lowest BCUT2D eigenvalue weighted by atomic mass is 9.98. The SMILES string of the molecule is Cc1cc2c(cc1C)C(C)CC2=O. The van der Waals surface area contributed by atoms with E-state index in [-0.39, 0.29) is 0 Å². The molecule has 1 aliphatic carbocycles. The van der Waals surface area contributed by atoms with E-state index in [4.69, 9.17) is 0 Å². The van der Waals surface area contributed by atoms with Gasteiger partial charge in [-0.1, -0.05) is 13.0 Å². The fourth-order valence-electron chi connectivity index (χ4n) is 1.99. The Kier molecular flexibility index (Phi) is 1.76. The second-order valence-electron chi connectivity index (χ2n) is 4.05. The van der Waals surface area contributed by atoms with Crippen LogP contribution in [-0.2, 0) is 0 Å². The van der Waals surface area contributed by atoms with E-state index in [9.17, 15) is 4.79 Å². The summed E-state index contributed by atoms with van der Waals surface area (Å²) >= 11 is 0. The molecule has 13 heavy (non-hydrogen) atoms. The normalized spacial score (nSPS) is 20.5. The number of rotatable bonds is 0. The van der Waals surface area contributed by atoms with Gasteiger partial charge in [-0.2, -0.15) is 0 Å². The number of aryl methyl sites for hydroxylation is 2. The van der Waals surface area contributed by atoms with Crippen molar-refractivity contribution in [3.63, 3.8) is 0 Å². The average Bonchev–Trinajstić information content (AvgIpc) is 2.31. The predicted octanol–water partition coefficient (Wildman–Crippen LogP) is 2.99. The predicted molar refractivity (Wildman–Crippen MR) is 53.3 cm³/mol. The number of hydrogen-bond donors (Lipinski definition) is 0. The van der Waals surface area contributed by atoms with Crippen LogP contribution in [0.25, 0.3) is 0 Å². The maximum atomic E-state index is 11.5. The van der Waals surface area contributed by atoms with Crippen LogP contribution in [0.3, 0.4) is 0 Å². The van der Waals surface area contributed by atoms with Gasteiger partial charge in [0, 0.05) is 12.0 Å². The van der Waals surface area contributed by atoms with Gasteiger partial charge in [0.1, 0.15) is 0 Å². The van der Waals surface area contributed by atoms with Gasteiger partial charge in [0.25, 0.3) is 0 Å². The van der Waals surface area contributed by atoms with E-state index >= 15 is 0 Å². The van der Waals surface area contributed by atoms with Crippen LogP contribution in [0.5, 0.6) is 0 Å². The first-order valence-electron chi connectivity index (χ1n) is 4.74. The molecule has 0 amide bonds. The van der Waals surface area contributed by atoms with E-state index in [1.807, 2.05) is 6.07 Å². The molecule has 0 spiro atoms. The van der Waals surface area contributed by atoms with Crippen LogP contribution in [-0.4, -0.2) is 5.78 Å². The van der Waals surface area contributed by atoms with Crippen LogP contribution in [0, 0.1) is 13.8 Å². The average molecular weight is 174 g/mol. The van der Waals surface area contributed by atoms with E-state index in [1.54, 1.807) is 0 Å². The molecule has 1 atom stereocenters. The number of carbonyl (C=O) groups is 1. The van der Waals surface area contributed by atoms with Crippen molar-refractivity contribution in [3.05, 3.63) is 34.4 Å². The zero-order valence-electron chi connectivity index (χ0n) is 8.35. The van der Waals surface area contributed by atoms with Crippen molar-refractivity contribution in [3.8, 4) is 0 Å². The maximum absolute atomic E-state index is 11.5. The molecule has 0 saturated heterocycles. The highest BCUT2D eigenvalue weighted by atomic mass is 16.1. The smallest absolute Gasteiger partial charge is 0.163 e. The molecular weight excluding hydrogens is 160 g/mol. The number of Topliss-reactive ketones (excluding diaryl/α,β-unsaturated/α-hetero) is 1. The summed E-state index contributed by atoms with van der Waals surface area (Å²) < 4.78 is 0. The molecule has 1 unspecified atom stereocenters. The van der Waals surface area contributed by atoms with Crippen molar-refractivity contribution in [1.82, 2.24) is 0 Å². The maximum Gasteiger partial charge on any atom is 0.163 e. The lowest BCUT2D eigenvalue weighted by molar-refractivity contribution is 0.0990.